The van der Waals surface area contributed by atoms with E-state index in [-0.39, 0.29) is 0 Å². The van der Waals surface area contributed by atoms with Gasteiger partial charge in [-0.1, -0.05) is 36.4 Å². The van der Waals surface area contributed by atoms with Gasteiger partial charge in [-0.15, -0.1) is 30.7 Å². The summed E-state index contributed by atoms with van der Waals surface area (Å²) in [5.74, 6) is 0. The van der Waals surface area contributed by atoms with E-state index in [0.29, 0.717) is 24.3 Å². The Bertz CT molecular complexity index is 3830. The lowest BCUT2D eigenvalue weighted by atomic mass is 10.0. The standard InChI is InChI=1S/C36H30N12O18S6/c37-31-23(15-29(71(61,62)63)33(39)35(31)47-43-21-5-1-3-7-25(21)67(49,50)51)45-41-17-9-11-19(27(13-17)69(55,56)57)20-12-10-18(14-28(20)70(58,59)60)42-46-24-16-30(72(64,65)66)34(40)36(32(24)38)48-44-22-6-2-4-8-26(22)68(52,53)54/h1-16H,37-40H2,(H,49,50,51)(H,52,53,54)(H,55,56,57)(H,58,59,60)(H,61,62,63)(H,64,65,66). The zero-order valence-corrected chi connectivity index (χ0v) is 40.1. The highest BCUT2D eigenvalue weighted by molar-refractivity contribution is 7.87. The van der Waals surface area contributed by atoms with Gasteiger partial charge >= 0.3 is 0 Å². The van der Waals surface area contributed by atoms with Gasteiger partial charge in [-0.2, -0.15) is 60.7 Å². The van der Waals surface area contributed by atoms with E-state index in [2.05, 4.69) is 40.9 Å². The maximum absolute atomic E-state index is 12.8. The summed E-state index contributed by atoms with van der Waals surface area (Å²) in [6, 6.07) is 15.3. The Balaban J connectivity index is 1.42. The number of benzene rings is 6. The second-order valence-electron chi connectivity index (χ2n) is 14.1. The second-order valence-corrected chi connectivity index (χ2v) is 22.4. The van der Waals surface area contributed by atoms with Crippen molar-refractivity contribution in [2.45, 2.75) is 29.4 Å². The first-order valence-electron chi connectivity index (χ1n) is 18.6. The fourth-order valence-corrected chi connectivity index (χ4v) is 10.1. The van der Waals surface area contributed by atoms with Crippen molar-refractivity contribution in [1.29, 1.82) is 0 Å². The molecular formula is C36H30N12O18S6. The molecule has 6 aromatic rings. The number of nitrogens with zero attached hydrogens (tertiary/aromatic N) is 8. The third kappa shape index (κ3) is 11.9. The average molecular weight is 1110 g/mol. The summed E-state index contributed by atoms with van der Waals surface area (Å²) in [6.45, 7) is 0. The monoisotopic (exact) mass is 1110 g/mol. The van der Waals surface area contributed by atoms with E-state index >= 15 is 0 Å². The van der Waals surface area contributed by atoms with Crippen LogP contribution in [0.5, 0.6) is 0 Å². The van der Waals surface area contributed by atoms with E-state index in [1.807, 2.05) is 0 Å². The van der Waals surface area contributed by atoms with Crippen LogP contribution in [0.25, 0.3) is 11.1 Å². The SMILES string of the molecule is Nc1c(N=Nc2ccc(-c3ccc(N=Nc4cc(S(=O)(=O)O)c(N)c(N=Nc5ccccc5S(=O)(=O)O)c4N)cc3S(=O)(=O)O)c(S(=O)(=O)O)c2)cc(S(=O)(=O)O)c(N)c1N=Nc1ccccc1S(=O)(=O)O. The van der Waals surface area contributed by atoms with Gasteiger partial charge in [0, 0.05) is 11.1 Å². The molecule has 30 nitrogen and oxygen atoms in total. The summed E-state index contributed by atoms with van der Waals surface area (Å²) in [6.07, 6.45) is 0. The lowest BCUT2D eigenvalue weighted by molar-refractivity contribution is 0.480. The first kappa shape index (κ1) is 53.7. The topological polar surface area (TPSA) is 529 Å². The third-order valence-corrected chi connectivity index (χ3v) is 14.7. The highest BCUT2D eigenvalue weighted by atomic mass is 32.2. The van der Waals surface area contributed by atoms with Crippen molar-refractivity contribution in [1.82, 2.24) is 0 Å². The molecule has 0 aliphatic carbocycles. The van der Waals surface area contributed by atoms with Crippen LogP contribution in [0, 0.1) is 0 Å². The van der Waals surface area contributed by atoms with Crippen LogP contribution in [-0.2, 0) is 60.7 Å². The summed E-state index contributed by atoms with van der Waals surface area (Å²) in [5, 5.41) is 29.8. The molecule has 378 valence electrons. The van der Waals surface area contributed by atoms with Crippen LogP contribution in [-0.4, -0.2) is 77.8 Å². The Morgan fingerprint density at radius 2 is 0.583 bits per heavy atom. The van der Waals surface area contributed by atoms with Crippen molar-refractivity contribution in [2.75, 3.05) is 22.9 Å². The molecule has 0 saturated carbocycles. The Morgan fingerprint density at radius 1 is 0.292 bits per heavy atom. The van der Waals surface area contributed by atoms with Crippen LogP contribution >= 0.6 is 0 Å². The molecule has 0 spiro atoms. The summed E-state index contributed by atoms with van der Waals surface area (Å²) >= 11 is 0. The molecule has 6 rings (SSSR count). The number of anilines is 4. The molecule has 0 unspecified atom stereocenters. The summed E-state index contributed by atoms with van der Waals surface area (Å²) in [7, 11) is -30.9. The van der Waals surface area contributed by atoms with E-state index in [0.717, 1.165) is 48.5 Å². The summed E-state index contributed by atoms with van der Waals surface area (Å²) in [4.78, 5) is -5.76. The van der Waals surface area contributed by atoms with E-state index in [9.17, 15) is 77.8 Å². The van der Waals surface area contributed by atoms with Crippen LogP contribution < -0.4 is 22.9 Å². The number of azo groups is 4. The molecular weight excluding hydrogens is 1080 g/mol. The summed E-state index contributed by atoms with van der Waals surface area (Å²) in [5.41, 5.74) is 15.3. The third-order valence-electron chi connectivity index (χ3n) is 9.32. The molecule has 0 aliphatic heterocycles. The van der Waals surface area contributed by atoms with Gasteiger partial charge in [0.15, 0.2) is 0 Å². The van der Waals surface area contributed by atoms with Gasteiger partial charge < -0.3 is 22.9 Å². The lowest BCUT2D eigenvalue weighted by Gasteiger charge is -2.13. The van der Waals surface area contributed by atoms with Crippen LogP contribution in [0.3, 0.4) is 0 Å². The van der Waals surface area contributed by atoms with Crippen molar-refractivity contribution in [3.63, 3.8) is 0 Å². The smallest absolute Gasteiger partial charge is 0.296 e. The minimum absolute atomic E-state index is 0.476. The van der Waals surface area contributed by atoms with Crippen LogP contribution in [0.4, 0.5) is 68.2 Å². The van der Waals surface area contributed by atoms with E-state index in [1.54, 1.807) is 0 Å². The number of hydrogen-bond acceptors (Lipinski definition) is 24. The fraction of sp³-hybridized carbons (Fsp3) is 0. The van der Waals surface area contributed by atoms with Crippen molar-refractivity contribution in [2.24, 2.45) is 40.9 Å². The molecule has 0 bridgehead atoms. The number of nitrogen functional groups attached to an aromatic ring is 4. The van der Waals surface area contributed by atoms with Crippen LogP contribution in [0.15, 0.2) is 167 Å². The first-order chi connectivity index (χ1) is 33.2. The highest BCUT2D eigenvalue weighted by Gasteiger charge is 2.27. The predicted molar refractivity (Wildman–Crippen MR) is 251 cm³/mol. The molecule has 0 aromatic heterocycles. The highest BCUT2D eigenvalue weighted by Crippen LogP contribution is 2.46. The zero-order chi connectivity index (χ0) is 53.5. The first-order valence-corrected chi connectivity index (χ1v) is 27.2. The quantitative estimate of drug-likeness (QED) is 0.0286. The molecule has 72 heavy (non-hydrogen) atoms. The Kier molecular flexibility index (Phi) is 14.6. The van der Waals surface area contributed by atoms with Crippen molar-refractivity contribution in [3.05, 3.63) is 97.1 Å². The van der Waals surface area contributed by atoms with Crippen LogP contribution in [0.1, 0.15) is 0 Å². The molecule has 0 atom stereocenters. The Morgan fingerprint density at radius 3 is 0.889 bits per heavy atom. The van der Waals surface area contributed by atoms with Gasteiger partial charge in [-0.3, -0.25) is 27.3 Å². The van der Waals surface area contributed by atoms with Gasteiger partial charge in [0.25, 0.3) is 60.7 Å². The maximum Gasteiger partial charge on any atom is 0.296 e. The Hall–Kier alpha value is -7.62. The minimum Gasteiger partial charge on any atom is -0.396 e. The molecule has 36 heteroatoms. The fourth-order valence-electron chi connectivity index (χ4n) is 6.10. The number of nitrogens with two attached hydrogens (primary N) is 4. The molecule has 0 aliphatic rings. The van der Waals surface area contributed by atoms with Crippen LogP contribution in [0.2, 0.25) is 0 Å². The van der Waals surface area contributed by atoms with Gasteiger partial charge in [0.1, 0.15) is 63.5 Å². The van der Waals surface area contributed by atoms with E-state index in [4.69, 9.17) is 22.9 Å². The molecule has 0 amide bonds. The van der Waals surface area contributed by atoms with E-state index < -0.39 is 169 Å². The van der Waals surface area contributed by atoms with Crippen molar-refractivity contribution in [3.8, 4) is 11.1 Å². The predicted octanol–water partition coefficient (Wildman–Crippen LogP) is 6.82. The second kappa shape index (κ2) is 19.5. The number of hydrogen-bond donors (Lipinski definition) is 10. The zero-order valence-electron chi connectivity index (χ0n) is 35.2. The average Bonchev–Trinajstić information content (AvgIpc) is 3.26. The molecule has 14 N–H and O–H groups in total. The van der Waals surface area contributed by atoms with Gasteiger partial charge in [0.05, 0.1) is 34.1 Å². The normalized spacial score (nSPS) is 13.2. The summed E-state index contributed by atoms with van der Waals surface area (Å²) < 4.78 is 207. The van der Waals surface area contributed by atoms with E-state index in [1.165, 1.54) is 24.3 Å². The molecule has 0 fully saturated rings. The molecule has 0 heterocycles. The number of rotatable bonds is 15. The van der Waals surface area contributed by atoms with Crippen molar-refractivity contribution < 1.29 is 77.8 Å². The van der Waals surface area contributed by atoms with Crippen molar-refractivity contribution >= 4 is 129 Å². The lowest BCUT2D eigenvalue weighted by Crippen LogP contribution is -2.05. The van der Waals surface area contributed by atoms with Gasteiger partial charge in [-0.05, 0) is 60.7 Å². The van der Waals surface area contributed by atoms with Gasteiger partial charge in [0.2, 0.25) is 0 Å². The molecule has 0 radical (unpaired) electrons. The molecule has 0 saturated heterocycles. The Labute approximate surface area is 406 Å². The molecule has 6 aromatic carbocycles. The maximum atomic E-state index is 12.8. The largest absolute Gasteiger partial charge is 0.396 e. The minimum atomic E-state index is -5.38. The van der Waals surface area contributed by atoms with Gasteiger partial charge in [-0.25, -0.2) is 0 Å².